The number of anilines is 7. The Morgan fingerprint density at radius 3 is 0.794 bits per heavy atom. The van der Waals surface area contributed by atoms with Gasteiger partial charge in [0.25, 0.3) is 0 Å². The van der Waals surface area contributed by atoms with E-state index in [4.69, 9.17) is 34.5 Å². The fraction of sp³-hybridized carbons (Fsp3) is 0.414. The van der Waals surface area contributed by atoms with Gasteiger partial charge >= 0.3 is 29.8 Å². The minimum Gasteiger partial charge on any atom is -0.493 e. The van der Waals surface area contributed by atoms with Crippen LogP contribution in [0.5, 0.6) is 28.7 Å². The van der Waals surface area contributed by atoms with Crippen molar-refractivity contribution < 1.29 is 93.7 Å². The molecule has 0 fully saturated rings. The minimum atomic E-state index is -1.27. The molecule has 19 nitrogen and oxygen atoms in total. The number of carbonyl (C=O) groups excluding carboxylic acids is 4. The van der Waals surface area contributed by atoms with Crippen LogP contribution in [0.3, 0.4) is 0 Å². The van der Waals surface area contributed by atoms with Crippen molar-refractivity contribution in [3.05, 3.63) is 281 Å². The van der Waals surface area contributed by atoms with Crippen LogP contribution in [0.4, 0.5) is 61.8 Å². The molecule has 0 spiro atoms. The summed E-state index contributed by atoms with van der Waals surface area (Å²) in [6.07, 6.45) is 0.586. The average Bonchev–Trinajstić information content (AvgIpc) is 0.825. The van der Waals surface area contributed by atoms with Crippen molar-refractivity contribution in [1.82, 2.24) is 0 Å². The first-order valence-electron chi connectivity index (χ1n) is 46.4. The molecule has 0 saturated heterocycles. The van der Waals surface area contributed by atoms with E-state index in [1.165, 1.54) is 94.7 Å². The Labute approximate surface area is 817 Å². The molecule has 10 aromatic carbocycles. The van der Waals surface area contributed by atoms with E-state index in [1.54, 1.807) is 30.3 Å². The summed E-state index contributed by atoms with van der Waals surface area (Å²) in [5, 5.41) is 9.02. The first-order valence-corrected chi connectivity index (χ1v) is 47.4. The van der Waals surface area contributed by atoms with Gasteiger partial charge in [-0.1, -0.05) is 157 Å². The predicted molar refractivity (Wildman–Crippen MR) is 547 cm³/mol. The third-order valence-corrected chi connectivity index (χ3v) is 21.6. The van der Waals surface area contributed by atoms with Gasteiger partial charge < -0.3 is 68.2 Å². The molecule has 25 heteroatoms. The Morgan fingerprint density at radius 2 is 0.529 bits per heavy atom. The topological polar surface area (TPSA) is 224 Å². The smallest absolute Gasteiger partial charge is 0.340 e. The molecule has 0 saturated carbocycles. The molecule has 3 N–H and O–H groups in total. The number of benzene rings is 10. The van der Waals surface area contributed by atoms with Crippen LogP contribution >= 0.6 is 22.6 Å². The number of halogens is 6. The highest BCUT2D eigenvalue weighted by molar-refractivity contribution is 14.1. The third-order valence-electron chi connectivity index (χ3n) is 21.0. The Hall–Kier alpha value is -11.9. The minimum absolute atomic E-state index is 0.0297. The van der Waals surface area contributed by atoms with Gasteiger partial charge in [0.05, 0.1) is 89.3 Å². The highest BCUT2D eigenvalue weighted by Gasteiger charge is 2.25. The molecular weight excluding hydrogens is 1850 g/mol. The number of nitrogens with zero attached hydrogens (tertiary/aromatic N) is 3. The van der Waals surface area contributed by atoms with E-state index in [2.05, 4.69) is 182 Å². The normalized spacial score (nSPS) is 10.9. The van der Waals surface area contributed by atoms with E-state index >= 15 is 0 Å². The van der Waals surface area contributed by atoms with Crippen molar-refractivity contribution in [3.63, 3.8) is 0 Å². The number of carboxylic acids is 1. The molecule has 136 heavy (non-hydrogen) atoms. The van der Waals surface area contributed by atoms with Crippen molar-refractivity contribution >= 4 is 92.2 Å². The molecule has 0 aliphatic carbocycles. The van der Waals surface area contributed by atoms with Gasteiger partial charge in [0.1, 0.15) is 57.8 Å². The lowest BCUT2D eigenvalue weighted by atomic mass is 9.96. The first kappa shape index (κ1) is 115. The van der Waals surface area contributed by atoms with Gasteiger partial charge in [0.2, 0.25) is 0 Å². The monoisotopic (exact) mass is 1990 g/mol. The molecule has 738 valence electrons. The van der Waals surface area contributed by atoms with Crippen LogP contribution in [0.15, 0.2) is 182 Å². The summed E-state index contributed by atoms with van der Waals surface area (Å²) in [6.45, 7) is 53.8. The van der Waals surface area contributed by atoms with Gasteiger partial charge in [0.15, 0.2) is 0 Å². The van der Waals surface area contributed by atoms with Gasteiger partial charge in [-0.15, -0.1) is 0 Å². The maximum absolute atomic E-state index is 14.4. The second kappa shape index (κ2) is 56.6. The molecule has 0 radical (unpaired) electrons. The van der Waals surface area contributed by atoms with Crippen LogP contribution in [0.1, 0.15) is 280 Å². The fourth-order valence-electron chi connectivity index (χ4n) is 13.8. The number of esters is 4. The fourth-order valence-corrected chi connectivity index (χ4v) is 14.3. The van der Waals surface area contributed by atoms with Crippen LogP contribution < -0.4 is 44.1 Å². The lowest BCUT2D eigenvalue weighted by Gasteiger charge is -2.26. The summed E-state index contributed by atoms with van der Waals surface area (Å²) in [7, 11) is 4.95. The Morgan fingerprint density at radius 1 is 0.301 bits per heavy atom. The molecule has 0 aliphatic rings. The van der Waals surface area contributed by atoms with Crippen molar-refractivity contribution in [2.24, 2.45) is 29.6 Å². The lowest BCUT2D eigenvalue weighted by molar-refractivity contribution is 0.0586. The van der Waals surface area contributed by atoms with E-state index in [1.807, 2.05) is 125 Å². The molecule has 0 unspecified atom stereocenters. The zero-order valence-corrected chi connectivity index (χ0v) is 86.5. The zero-order valence-electron chi connectivity index (χ0n) is 84.3. The van der Waals surface area contributed by atoms with Crippen LogP contribution in [0.2, 0.25) is 0 Å². The predicted octanol–water partition coefficient (Wildman–Crippen LogP) is 28.7. The standard InChI is InChI=1S/2C23H30FNO3.C22H28FNO3.C22H27FO3.C13H21NO.C8H6FIO2/c2*1-7-25(18-8-10-19(21(24)13-18)23(26)27-6)17-9-11-22(28-14-15(2)3)20(12-17)16(4)5;1-6-24(17-7-9-18(22(25)26)20(23)12-17)16-8-10-21(27-13-14(2)3)19(11-16)15(4)5;1-14(2)13-26-21-9-7-16(11-19(21)15(3)4)10-17-6-8-18(20(23)12-17)22(24)25-5;1-9(2)8-15-13-6-5-11(14)7-12(13)10(3)4;1-12-8(11)6-3-2-5(10)4-7(6)9/h2*8-13,15-16H,7,14H2,1-6H3;7-12,14-15H,6,13H2,1-5H3,(H,25,26);6-9,11-12,14-15H,10,13H2,1-5H3;5-7,9-10H,8,14H2,1-4H3;2-4H,1H3. The second-order valence-electron chi connectivity index (χ2n) is 36.2. The number of methoxy groups -OCH3 is 4. The highest BCUT2D eigenvalue weighted by atomic mass is 127. The molecule has 0 heterocycles. The van der Waals surface area contributed by atoms with Gasteiger partial charge in [-0.05, 0) is 312 Å². The molecular formula is C111H142F5IN4O15. The van der Waals surface area contributed by atoms with Crippen LogP contribution in [-0.4, -0.2) is 116 Å². The van der Waals surface area contributed by atoms with Crippen molar-refractivity contribution in [1.29, 1.82) is 0 Å². The Kier molecular flexibility index (Phi) is 47.7. The number of carbonyl (C=O) groups is 5. The summed E-state index contributed by atoms with van der Waals surface area (Å²) >= 11 is 1.97. The van der Waals surface area contributed by atoms with Gasteiger partial charge in [-0.2, -0.15) is 0 Å². The number of hydrogen-bond acceptors (Lipinski definition) is 18. The zero-order chi connectivity index (χ0) is 102. The number of nitrogens with two attached hydrogens (primary N) is 1. The molecule has 10 aromatic rings. The maximum atomic E-state index is 14.4. The van der Waals surface area contributed by atoms with Crippen LogP contribution in [-0.2, 0) is 25.4 Å². The first-order chi connectivity index (χ1) is 64.3. The van der Waals surface area contributed by atoms with Crippen molar-refractivity contribution in [2.75, 3.05) is 102 Å². The SMILES string of the molecule is CC(C)COc1ccc(N)cc1C(C)C.CCN(c1ccc(C(=O)O)c(F)c1)c1ccc(OCC(C)C)c(C(C)C)c1.CCN(c1ccc(C(=O)OC)c(F)c1)c1ccc(OCC(C)C)c(C(C)C)c1.CCN(c1ccc(C(=O)OC)c(F)c1)c1ccc(OCC(C)C)c(C(C)C)c1.COC(=O)c1ccc(Cc2ccc(OCC(C)C)c(C(C)C)c2)cc1F.COC(=O)c1ccc(I)cc1F. The van der Waals surface area contributed by atoms with Crippen LogP contribution in [0.25, 0.3) is 0 Å². The van der Waals surface area contributed by atoms with E-state index in [0.29, 0.717) is 123 Å². The Bertz CT molecular complexity index is 5390. The van der Waals surface area contributed by atoms with Gasteiger partial charge in [-0.3, -0.25) is 0 Å². The number of rotatable bonds is 36. The average molecular weight is 1990 g/mol. The van der Waals surface area contributed by atoms with Crippen LogP contribution in [0, 0.1) is 62.2 Å². The van der Waals surface area contributed by atoms with Crippen molar-refractivity contribution in [2.45, 2.75) is 195 Å². The van der Waals surface area contributed by atoms with Crippen molar-refractivity contribution in [3.8, 4) is 28.7 Å². The highest BCUT2D eigenvalue weighted by Crippen LogP contribution is 2.40. The second-order valence-corrected chi connectivity index (χ2v) is 37.5. The summed E-state index contributed by atoms with van der Waals surface area (Å²) < 4.78 is 119. The summed E-state index contributed by atoms with van der Waals surface area (Å²) in [6, 6.07) is 52.4. The van der Waals surface area contributed by atoms with E-state index < -0.39 is 58.9 Å². The molecule has 0 aromatic heterocycles. The summed E-state index contributed by atoms with van der Waals surface area (Å²) in [4.78, 5) is 62.6. The van der Waals surface area contributed by atoms with Gasteiger partial charge in [0, 0.05) is 63.0 Å². The largest absolute Gasteiger partial charge is 0.493 e. The lowest BCUT2D eigenvalue weighted by Crippen LogP contribution is -2.17. The molecule has 0 bridgehead atoms. The maximum Gasteiger partial charge on any atom is 0.340 e. The molecule has 10 rings (SSSR count). The Balaban J connectivity index is 0.000000294. The summed E-state index contributed by atoms with van der Waals surface area (Å²) in [5.41, 5.74) is 18.4. The number of ether oxygens (including phenoxy) is 9. The molecule has 0 aliphatic heterocycles. The number of carboxylic acid groups (broad SMARTS) is 1. The molecule has 0 amide bonds. The van der Waals surface area contributed by atoms with E-state index in [-0.39, 0.29) is 33.7 Å². The number of nitrogen functional groups attached to an aromatic ring is 1. The third kappa shape index (κ3) is 35.4. The quantitative estimate of drug-likeness (QED) is 0.0122. The van der Waals surface area contributed by atoms with E-state index in [0.717, 1.165) is 95.1 Å². The number of hydrogen-bond donors (Lipinski definition) is 2. The number of aromatic carboxylic acids is 1. The van der Waals surface area contributed by atoms with Gasteiger partial charge in [-0.25, -0.2) is 45.9 Å². The molecule has 0 atom stereocenters. The van der Waals surface area contributed by atoms with E-state index in [9.17, 15) is 45.9 Å². The summed E-state index contributed by atoms with van der Waals surface area (Å²) in [5.74, 6) is 1.50.